The van der Waals surface area contributed by atoms with Gasteiger partial charge in [0.15, 0.2) is 0 Å². The molecule has 0 aliphatic heterocycles. The van der Waals surface area contributed by atoms with Crippen molar-refractivity contribution in [3.8, 4) is 5.88 Å². The zero-order valence-electron chi connectivity index (χ0n) is 12.8. The van der Waals surface area contributed by atoms with Crippen molar-refractivity contribution in [2.45, 2.75) is 53.5 Å². The first-order chi connectivity index (χ1) is 9.15. The van der Waals surface area contributed by atoms with Gasteiger partial charge in [0, 0.05) is 18.3 Å². The van der Waals surface area contributed by atoms with Crippen molar-refractivity contribution in [2.24, 2.45) is 5.92 Å². The number of ether oxygens (including phenoxy) is 1. The van der Waals surface area contributed by atoms with Crippen LogP contribution in [0.3, 0.4) is 0 Å². The Bertz CT molecular complexity index is 364. The van der Waals surface area contributed by atoms with Gasteiger partial charge in [-0.3, -0.25) is 0 Å². The molecule has 1 N–H and O–H groups in total. The summed E-state index contributed by atoms with van der Waals surface area (Å²) in [6.07, 6.45) is 3.20. The van der Waals surface area contributed by atoms with Gasteiger partial charge in [-0.25, -0.2) is 4.98 Å². The van der Waals surface area contributed by atoms with Crippen molar-refractivity contribution in [1.82, 2.24) is 10.3 Å². The lowest BCUT2D eigenvalue weighted by Gasteiger charge is -2.11. The molecular weight excluding hydrogens is 236 g/mol. The van der Waals surface area contributed by atoms with Crippen molar-refractivity contribution in [3.63, 3.8) is 0 Å². The third kappa shape index (κ3) is 6.58. The molecule has 1 aromatic heterocycles. The van der Waals surface area contributed by atoms with Crippen LogP contribution in [0.2, 0.25) is 0 Å². The van der Waals surface area contributed by atoms with E-state index in [2.05, 4.69) is 50.1 Å². The molecule has 0 saturated heterocycles. The minimum Gasteiger partial charge on any atom is -0.478 e. The first kappa shape index (κ1) is 16.0. The Morgan fingerprint density at radius 2 is 2.05 bits per heavy atom. The molecule has 3 heteroatoms. The van der Waals surface area contributed by atoms with Gasteiger partial charge in [-0.05, 0) is 36.9 Å². The largest absolute Gasteiger partial charge is 0.478 e. The standard InChI is InChI=1S/C16H28N2O/c1-5-7-15-10-14(12-17-6-2)11-16(18-15)19-9-8-13(3)4/h10-11,13,17H,5-9,12H2,1-4H3. The summed E-state index contributed by atoms with van der Waals surface area (Å²) in [4.78, 5) is 4.58. The maximum atomic E-state index is 5.79. The van der Waals surface area contributed by atoms with E-state index in [4.69, 9.17) is 4.74 Å². The lowest BCUT2D eigenvalue weighted by molar-refractivity contribution is 0.278. The summed E-state index contributed by atoms with van der Waals surface area (Å²) in [6.45, 7) is 11.3. The Labute approximate surface area is 117 Å². The van der Waals surface area contributed by atoms with Crippen molar-refractivity contribution < 1.29 is 4.74 Å². The maximum Gasteiger partial charge on any atom is 0.213 e. The second-order valence-corrected chi connectivity index (χ2v) is 5.37. The van der Waals surface area contributed by atoms with Gasteiger partial charge < -0.3 is 10.1 Å². The lowest BCUT2D eigenvalue weighted by atomic mass is 10.1. The first-order valence-electron chi connectivity index (χ1n) is 7.49. The van der Waals surface area contributed by atoms with E-state index in [-0.39, 0.29) is 0 Å². The fraction of sp³-hybridized carbons (Fsp3) is 0.688. The number of nitrogens with one attached hydrogen (secondary N) is 1. The third-order valence-electron chi connectivity index (χ3n) is 2.95. The van der Waals surface area contributed by atoms with Gasteiger partial charge in [0.1, 0.15) is 0 Å². The van der Waals surface area contributed by atoms with E-state index in [1.807, 2.05) is 0 Å². The first-order valence-corrected chi connectivity index (χ1v) is 7.49. The van der Waals surface area contributed by atoms with E-state index >= 15 is 0 Å². The summed E-state index contributed by atoms with van der Waals surface area (Å²) in [5.41, 5.74) is 2.40. The van der Waals surface area contributed by atoms with Crippen LogP contribution in [0.4, 0.5) is 0 Å². The topological polar surface area (TPSA) is 34.1 Å². The summed E-state index contributed by atoms with van der Waals surface area (Å²) < 4.78 is 5.79. The number of aromatic nitrogens is 1. The van der Waals surface area contributed by atoms with Gasteiger partial charge >= 0.3 is 0 Å². The van der Waals surface area contributed by atoms with Crippen LogP contribution < -0.4 is 10.1 Å². The highest BCUT2D eigenvalue weighted by atomic mass is 16.5. The van der Waals surface area contributed by atoms with Gasteiger partial charge in [0.2, 0.25) is 5.88 Å². The molecule has 0 radical (unpaired) electrons. The predicted molar refractivity (Wildman–Crippen MR) is 80.6 cm³/mol. The molecule has 0 saturated carbocycles. The zero-order chi connectivity index (χ0) is 14.1. The van der Waals surface area contributed by atoms with E-state index < -0.39 is 0 Å². The van der Waals surface area contributed by atoms with E-state index in [1.165, 1.54) is 5.56 Å². The van der Waals surface area contributed by atoms with Crippen LogP contribution in [0.25, 0.3) is 0 Å². The summed E-state index contributed by atoms with van der Waals surface area (Å²) in [6, 6.07) is 4.24. The zero-order valence-corrected chi connectivity index (χ0v) is 12.8. The molecule has 0 atom stereocenters. The van der Waals surface area contributed by atoms with Gasteiger partial charge in [0.05, 0.1) is 6.61 Å². The molecular formula is C16H28N2O. The molecule has 0 aliphatic carbocycles. The average molecular weight is 264 g/mol. The second kappa shape index (κ2) is 8.92. The SMILES string of the molecule is CCCc1cc(CNCC)cc(OCCC(C)C)n1. The highest BCUT2D eigenvalue weighted by Crippen LogP contribution is 2.15. The van der Waals surface area contributed by atoms with Crippen molar-refractivity contribution in [3.05, 3.63) is 23.4 Å². The van der Waals surface area contributed by atoms with E-state index in [9.17, 15) is 0 Å². The van der Waals surface area contributed by atoms with Crippen LogP contribution in [-0.2, 0) is 13.0 Å². The molecule has 19 heavy (non-hydrogen) atoms. The highest BCUT2D eigenvalue weighted by molar-refractivity contribution is 5.25. The Kier molecular flexibility index (Phi) is 7.49. The molecule has 0 amide bonds. The van der Waals surface area contributed by atoms with Crippen LogP contribution in [0.1, 0.15) is 51.8 Å². The normalized spacial score (nSPS) is 11.0. The Morgan fingerprint density at radius 3 is 2.68 bits per heavy atom. The van der Waals surface area contributed by atoms with E-state index in [1.54, 1.807) is 0 Å². The Morgan fingerprint density at radius 1 is 1.26 bits per heavy atom. The average Bonchev–Trinajstić information content (AvgIpc) is 2.36. The molecule has 0 spiro atoms. The lowest BCUT2D eigenvalue weighted by Crippen LogP contribution is -2.13. The van der Waals surface area contributed by atoms with E-state index in [0.717, 1.165) is 50.5 Å². The molecule has 1 rings (SSSR count). The van der Waals surface area contributed by atoms with Crippen LogP contribution in [0.5, 0.6) is 5.88 Å². The second-order valence-electron chi connectivity index (χ2n) is 5.37. The molecule has 3 nitrogen and oxygen atoms in total. The number of pyridine rings is 1. The smallest absolute Gasteiger partial charge is 0.213 e. The number of hydrogen-bond donors (Lipinski definition) is 1. The van der Waals surface area contributed by atoms with Gasteiger partial charge in [0.25, 0.3) is 0 Å². The summed E-state index contributed by atoms with van der Waals surface area (Å²) in [5.74, 6) is 1.44. The van der Waals surface area contributed by atoms with Crippen LogP contribution in [-0.4, -0.2) is 18.1 Å². The van der Waals surface area contributed by atoms with Gasteiger partial charge in [-0.1, -0.05) is 34.1 Å². The van der Waals surface area contributed by atoms with Crippen LogP contribution in [0.15, 0.2) is 12.1 Å². The Balaban J connectivity index is 2.68. The monoisotopic (exact) mass is 264 g/mol. The van der Waals surface area contributed by atoms with Crippen molar-refractivity contribution in [1.29, 1.82) is 0 Å². The Hall–Kier alpha value is -1.09. The van der Waals surface area contributed by atoms with Crippen molar-refractivity contribution in [2.75, 3.05) is 13.2 Å². The van der Waals surface area contributed by atoms with Gasteiger partial charge in [-0.2, -0.15) is 0 Å². The fourth-order valence-corrected chi connectivity index (χ4v) is 1.85. The highest BCUT2D eigenvalue weighted by Gasteiger charge is 2.04. The minimum atomic E-state index is 0.667. The molecule has 1 heterocycles. The summed E-state index contributed by atoms with van der Waals surface area (Å²) in [7, 11) is 0. The predicted octanol–water partition coefficient (Wildman–Crippen LogP) is 3.57. The molecule has 1 aromatic rings. The molecule has 108 valence electrons. The molecule has 0 aromatic carbocycles. The fourth-order valence-electron chi connectivity index (χ4n) is 1.85. The van der Waals surface area contributed by atoms with Crippen LogP contribution in [0, 0.1) is 5.92 Å². The number of rotatable bonds is 9. The van der Waals surface area contributed by atoms with E-state index in [0.29, 0.717) is 5.92 Å². The maximum absolute atomic E-state index is 5.79. The summed E-state index contributed by atoms with van der Waals surface area (Å²) >= 11 is 0. The quantitative estimate of drug-likeness (QED) is 0.740. The van der Waals surface area contributed by atoms with Gasteiger partial charge in [-0.15, -0.1) is 0 Å². The molecule has 0 unspecified atom stereocenters. The van der Waals surface area contributed by atoms with Crippen LogP contribution >= 0.6 is 0 Å². The minimum absolute atomic E-state index is 0.667. The third-order valence-corrected chi connectivity index (χ3v) is 2.95. The number of aryl methyl sites for hydroxylation is 1. The molecule has 0 fully saturated rings. The number of hydrogen-bond acceptors (Lipinski definition) is 3. The molecule has 0 aliphatic rings. The molecule has 0 bridgehead atoms. The number of nitrogens with zero attached hydrogens (tertiary/aromatic N) is 1. The summed E-state index contributed by atoms with van der Waals surface area (Å²) in [5, 5.41) is 3.35. The van der Waals surface area contributed by atoms with Crippen molar-refractivity contribution >= 4 is 0 Å².